The van der Waals surface area contributed by atoms with E-state index in [1.807, 2.05) is 49.3 Å². The topological polar surface area (TPSA) is 67.3 Å². The molecule has 2 aliphatic heterocycles. The largest absolute Gasteiger partial charge is 0.493 e. The fraction of sp³-hybridized carbons (Fsp3) is 0.381. The van der Waals surface area contributed by atoms with Gasteiger partial charge in [0.15, 0.2) is 11.5 Å². The Morgan fingerprint density at radius 3 is 2.79 bits per heavy atom. The van der Waals surface area contributed by atoms with E-state index in [1.54, 1.807) is 19.2 Å². The van der Waals surface area contributed by atoms with Gasteiger partial charge in [-0.1, -0.05) is 0 Å². The van der Waals surface area contributed by atoms with Crippen LogP contribution in [0.4, 0.5) is 0 Å². The monoisotopic (exact) mass is 412 g/mol. The molecule has 152 valence electrons. The van der Waals surface area contributed by atoms with Crippen LogP contribution in [-0.4, -0.2) is 58.7 Å². The van der Waals surface area contributed by atoms with Crippen LogP contribution in [0.1, 0.15) is 25.8 Å². The molecular weight excluding hydrogens is 388 g/mol. The van der Waals surface area contributed by atoms with Crippen LogP contribution in [0.25, 0.3) is 12.3 Å². The molecule has 1 aromatic heterocycles. The van der Waals surface area contributed by atoms with Crippen molar-refractivity contribution in [3.8, 4) is 11.5 Å². The van der Waals surface area contributed by atoms with E-state index < -0.39 is 5.54 Å². The number of fused-ring (bicyclic) bond motifs is 1. The number of nitrogens with zero attached hydrogens (tertiary/aromatic N) is 4. The van der Waals surface area contributed by atoms with Gasteiger partial charge >= 0.3 is 0 Å². The number of hydrazone groups is 1. The summed E-state index contributed by atoms with van der Waals surface area (Å²) in [7, 11) is 3.22. The van der Waals surface area contributed by atoms with Gasteiger partial charge in [-0.05, 0) is 49.7 Å². The second-order valence-corrected chi connectivity index (χ2v) is 8.55. The zero-order valence-electron chi connectivity index (χ0n) is 17.0. The first-order valence-corrected chi connectivity index (χ1v) is 10.2. The standard InChI is InChI=1S/C21H24N4O3S/c1-21(2)10-16(14-5-6-17(27-3)18(9-14)28-4)23-25(21)20(26)13-24-8-7-19-15(12-24)11-22-29-19/h5-7,9,11-12H,8,10,13H2,1-4H3. The Kier molecular flexibility index (Phi) is 5.04. The number of hydrogen-bond acceptors (Lipinski definition) is 7. The molecule has 2 aliphatic rings. The molecule has 0 N–H and O–H groups in total. The SMILES string of the molecule is COc1ccc(C2=NN(C(=O)CN3C=c4cnsc4=CC3)C(C)(C)C2)cc1OC. The summed E-state index contributed by atoms with van der Waals surface area (Å²) in [5, 5.41) is 7.36. The van der Waals surface area contributed by atoms with E-state index in [4.69, 9.17) is 9.47 Å². The van der Waals surface area contributed by atoms with Crippen LogP contribution in [0.5, 0.6) is 11.5 Å². The Morgan fingerprint density at radius 2 is 2.03 bits per heavy atom. The summed E-state index contributed by atoms with van der Waals surface area (Å²) in [5.41, 5.74) is 1.40. The van der Waals surface area contributed by atoms with E-state index in [9.17, 15) is 4.79 Å². The molecule has 2 aromatic rings. The molecule has 1 aromatic carbocycles. The summed E-state index contributed by atoms with van der Waals surface area (Å²) in [6.07, 6.45) is 6.61. The number of benzene rings is 1. The summed E-state index contributed by atoms with van der Waals surface area (Å²) in [6.45, 7) is 5.05. The second kappa shape index (κ2) is 7.51. The fourth-order valence-corrected chi connectivity index (χ4v) is 4.29. The lowest BCUT2D eigenvalue weighted by Gasteiger charge is -2.30. The number of rotatable bonds is 5. The molecule has 0 aliphatic carbocycles. The highest BCUT2D eigenvalue weighted by atomic mass is 32.1. The summed E-state index contributed by atoms with van der Waals surface area (Å²) >= 11 is 1.47. The summed E-state index contributed by atoms with van der Waals surface area (Å²) < 4.78 is 16.1. The van der Waals surface area contributed by atoms with Gasteiger partial charge in [-0.25, -0.2) is 5.01 Å². The molecular formula is C21H24N4O3S. The van der Waals surface area contributed by atoms with E-state index >= 15 is 0 Å². The normalized spacial score (nSPS) is 17.2. The number of carbonyl (C=O) groups excluding carboxylic acids is 1. The zero-order valence-corrected chi connectivity index (χ0v) is 17.8. The van der Waals surface area contributed by atoms with Gasteiger partial charge in [0, 0.05) is 36.1 Å². The lowest BCUT2D eigenvalue weighted by molar-refractivity contribution is -0.135. The van der Waals surface area contributed by atoms with Gasteiger partial charge in [-0.3, -0.25) is 4.79 Å². The predicted molar refractivity (Wildman–Crippen MR) is 113 cm³/mol. The minimum Gasteiger partial charge on any atom is -0.493 e. The van der Waals surface area contributed by atoms with Crippen LogP contribution in [0.15, 0.2) is 29.5 Å². The van der Waals surface area contributed by atoms with Gasteiger partial charge in [0.05, 0.1) is 36.5 Å². The molecule has 0 atom stereocenters. The minimum atomic E-state index is -0.395. The van der Waals surface area contributed by atoms with E-state index in [-0.39, 0.29) is 12.5 Å². The first-order valence-electron chi connectivity index (χ1n) is 9.41. The van der Waals surface area contributed by atoms with Gasteiger partial charge in [0.25, 0.3) is 5.91 Å². The van der Waals surface area contributed by atoms with E-state index in [2.05, 4.69) is 15.6 Å². The van der Waals surface area contributed by atoms with Crippen molar-refractivity contribution in [2.45, 2.75) is 25.8 Å². The van der Waals surface area contributed by atoms with Crippen molar-refractivity contribution >= 4 is 35.4 Å². The number of methoxy groups -OCH3 is 2. The molecule has 4 rings (SSSR count). The summed E-state index contributed by atoms with van der Waals surface area (Å²) in [4.78, 5) is 15.1. The first-order chi connectivity index (χ1) is 13.9. The van der Waals surface area contributed by atoms with Crippen LogP contribution in [0.3, 0.4) is 0 Å². The number of ether oxygens (including phenoxy) is 2. The third-order valence-corrected chi connectivity index (χ3v) is 5.96. The van der Waals surface area contributed by atoms with Crippen molar-refractivity contribution in [2.24, 2.45) is 5.10 Å². The van der Waals surface area contributed by atoms with Crippen molar-refractivity contribution in [1.29, 1.82) is 0 Å². The third kappa shape index (κ3) is 3.72. The molecule has 8 heteroatoms. The Labute approximate surface area is 173 Å². The average Bonchev–Trinajstić information content (AvgIpc) is 3.30. The van der Waals surface area contributed by atoms with Crippen molar-refractivity contribution in [2.75, 3.05) is 27.3 Å². The lowest BCUT2D eigenvalue weighted by Crippen LogP contribution is -2.46. The Morgan fingerprint density at radius 1 is 1.24 bits per heavy atom. The Hall–Kier alpha value is -2.87. The van der Waals surface area contributed by atoms with Crippen LogP contribution >= 0.6 is 11.5 Å². The highest BCUT2D eigenvalue weighted by molar-refractivity contribution is 7.03. The van der Waals surface area contributed by atoms with Crippen molar-refractivity contribution in [3.63, 3.8) is 0 Å². The van der Waals surface area contributed by atoms with Gasteiger partial charge in [-0.2, -0.15) is 9.47 Å². The van der Waals surface area contributed by atoms with Crippen LogP contribution in [0, 0.1) is 0 Å². The number of aromatic nitrogens is 1. The third-order valence-electron chi connectivity index (χ3n) is 5.15. The van der Waals surface area contributed by atoms with Crippen molar-refractivity contribution < 1.29 is 14.3 Å². The van der Waals surface area contributed by atoms with Gasteiger partial charge in [0.1, 0.15) is 0 Å². The molecule has 0 bridgehead atoms. The predicted octanol–water partition coefficient (Wildman–Crippen LogP) is 1.41. The highest BCUT2D eigenvalue weighted by Crippen LogP contribution is 2.33. The molecule has 0 radical (unpaired) electrons. The van der Waals surface area contributed by atoms with Crippen LogP contribution in [0.2, 0.25) is 0 Å². The molecule has 7 nitrogen and oxygen atoms in total. The number of amides is 1. The number of hydrogen-bond donors (Lipinski definition) is 0. The Bertz CT molecular complexity index is 1090. The maximum absolute atomic E-state index is 13.1. The van der Waals surface area contributed by atoms with Crippen molar-refractivity contribution in [1.82, 2.24) is 14.3 Å². The molecule has 0 unspecified atom stereocenters. The fourth-order valence-electron chi connectivity index (χ4n) is 3.65. The van der Waals surface area contributed by atoms with E-state index in [0.29, 0.717) is 24.5 Å². The van der Waals surface area contributed by atoms with Gasteiger partial charge in [0.2, 0.25) is 0 Å². The minimum absolute atomic E-state index is 0.0261. The maximum atomic E-state index is 13.1. The van der Waals surface area contributed by atoms with Crippen LogP contribution in [-0.2, 0) is 4.79 Å². The molecule has 0 saturated carbocycles. The summed E-state index contributed by atoms with van der Waals surface area (Å²) in [6, 6.07) is 5.71. The van der Waals surface area contributed by atoms with E-state index in [1.165, 1.54) is 11.5 Å². The molecule has 1 amide bonds. The average molecular weight is 413 g/mol. The summed E-state index contributed by atoms with van der Waals surface area (Å²) in [5.74, 6) is 1.29. The quantitative estimate of drug-likeness (QED) is 0.743. The van der Waals surface area contributed by atoms with Gasteiger partial charge < -0.3 is 14.4 Å². The number of carbonyl (C=O) groups is 1. The lowest BCUT2D eigenvalue weighted by atomic mass is 9.94. The first kappa shape index (κ1) is 19.4. The second-order valence-electron chi connectivity index (χ2n) is 7.72. The van der Waals surface area contributed by atoms with Gasteiger partial charge in [-0.15, -0.1) is 0 Å². The molecule has 3 heterocycles. The molecule has 0 spiro atoms. The highest BCUT2D eigenvalue weighted by Gasteiger charge is 2.38. The smallest absolute Gasteiger partial charge is 0.262 e. The van der Waals surface area contributed by atoms with E-state index in [0.717, 1.165) is 21.0 Å². The molecule has 29 heavy (non-hydrogen) atoms. The van der Waals surface area contributed by atoms with Crippen LogP contribution < -0.4 is 19.2 Å². The molecule has 0 fully saturated rings. The zero-order chi connectivity index (χ0) is 20.6. The Balaban J connectivity index is 1.55. The van der Waals surface area contributed by atoms with Crippen molar-refractivity contribution in [3.05, 3.63) is 39.7 Å². The molecule has 0 saturated heterocycles. The maximum Gasteiger partial charge on any atom is 0.262 e.